The van der Waals surface area contributed by atoms with Gasteiger partial charge in [-0.3, -0.25) is 4.90 Å². The number of fused-ring (bicyclic) bond motifs is 1. The average molecular weight is 278 g/mol. The van der Waals surface area contributed by atoms with E-state index in [4.69, 9.17) is 0 Å². The van der Waals surface area contributed by atoms with Gasteiger partial charge in [-0.25, -0.2) is 4.98 Å². The van der Waals surface area contributed by atoms with Gasteiger partial charge >= 0.3 is 6.18 Å². The van der Waals surface area contributed by atoms with Gasteiger partial charge in [0.1, 0.15) is 6.04 Å². The van der Waals surface area contributed by atoms with Gasteiger partial charge in [-0.1, -0.05) is 20.8 Å². The van der Waals surface area contributed by atoms with Gasteiger partial charge in [-0.15, -0.1) is 11.3 Å². The van der Waals surface area contributed by atoms with Gasteiger partial charge < -0.3 is 0 Å². The number of nitrogens with zero attached hydrogens (tertiary/aromatic N) is 2. The molecule has 0 bridgehead atoms. The average Bonchev–Trinajstić information content (AvgIpc) is 2.57. The van der Waals surface area contributed by atoms with Crippen LogP contribution < -0.4 is 0 Å². The molecule has 1 aliphatic heterocycles. The molecule has 0 saturated heterocycles. The number of halogens is 3. The van der Waals surface area contributed by atoms with Crippen LogP contribution in [0, 0.1) is 0 Å². The van der Waals surface area contributed by atoms with Crippen LogP contribution in [0.15, 0.2) is 0 Å². The maximum absolute atomic E-state index is 13.1. The Labute approximate surface area is 109 Å². The van der Waals surface area contributed by atoms with Crippen LogP contribution in [0.2, 0.25) is 0 Å². The van der Waals surface area contributed by atoms with E-state index < -0.39 is 12.2 Å². The maximum atomic E-state index is 13.1. The van der Waals surface area contributed by atoms with Crippen molar-refractivity contribution in [1.29, 1.82) is 0 Å². The summed E-state index contributed by atoms with van der Waals surface area (Å²) >= 11 is 1.43. The van der Waals surface area contributed by atoms with Crippen LogP contribution in [0.3, 0.4) is 0 Å². The molecule has 0 fully saturated rings. The SMILES string of the molecule is CN1CCc2sc(C(C)(C)C)nc2C1C(F)(F)F. The van der Waals surface area contributed by atoms with Crippen molar-refractivity contribution in [2.24, 2.45) is 0 Å². The van der Waals surface area contributed by atoms with Crippen molar-refractivity contribution in [1.82, 2.24) is 9.88 Å². The van der Waals surface area contributed by atoms with Crippen LogP contribution in [0.5, 0.6) is 0 Å². The number of hydrogen-bond acceptors (Lipinski definition) is 3. The molecule has 0 radical (unpaired) electrons. The Morgan fingerprint density at radius 1 is 1.28 bits per heavy atom. The molecule has 1 aromatic rings. The fraction of sp³-hybridized carbons (Fsp3) is 0.750. The van der Waals surface area contributed by atoms with Crippen molar-refractivity contribution in [2.45, 2.75) is 44.8 Å². The van der Waals surface area contributed by atoms with Gasteiger partial charge in [0.25, 0.3) is 0 Å². The Bertz CT molecular complexity index is 445. The van der Waals surface area contributed by atoms with Crippen LogP contribution in [-0.4, -0.2) is 29.7 Å². The third-order valence-corrected chi connectivity index (χ3v) is 4.63. The lowest BCUT2D eigenvalue weighted by Crippen LogP contribution is -2.40. The molecule has 18 heavy (non-hydrogen) atoms. The molecule has 2 nitrogen and oxygen atoms in total. The van der Waals surface area contributed by atoms with Gasteiger partial charge in [0.2, 0.25) is 0 Å². The molecule has 0 aromatic carbocycles. The van der Waals surface area contributed by atoms with E-state index in [1.165, 1.54) is 23.3 Å². The molecular formula is C12H17F3N2S. The van der Waals surface area contributed by atoms with Crippen LogP contribution in [0.25, 0.3) is 0 Å². The zero-order valence-corrected chi connectivity index (χ0v) is 11.7. The van der Waals surface area contributed by atoms with Crippen molar-refractivity contribution in [2.75, 3.05) is 13.6 Å². The topological polar surface area (TPSA) is 16.1 Å². The summed E-state index contributed by atoms with van der Waals surface area (Å²) in [6.45, 7) is 6.36. The van der Waals surface area contributed by atoms with Crippen LogP contribution in [0.4, 0.5) is 13.2 Å². The Hall–Kier alpha value is -0.620. The van der Waals surface area contributed by atoms with E-state index in [1.807, 2.05) is 20.8 Å². The van der Waals surface area contributed by atoms with E-state index in [2.05, 4.69) is 4.98 Å². The quantitative estimate of drug-likeness (QED) is 0.721. The first-order valence-corrected chi connectivity index (χ1v) is 6.69. The minimum atomic E-state index is -4.26. The molecule has 0 amide bonds. The summed E-state index contributed by atoms with van der Waals surface area (Å²) in [6.07, 6.45) is -3.60. The van der Waals surface area contributed by atoms with E-state index in [-0.39, 0.29) is 11.1 Å². The number of hydrogen-bond donors (Lipinski definition) is 0. The van der Waals surface area contributed by atoms with Crippen LogP contribution in [0.1, 0.15) is 42.4 Å². The maximum Gasteiger partial charge on any atom is 0.409 e. The molecule has 0 spiro atoms. The van der Waals surface area contributed by atoms with Gasteiger partial charge in [0.05, 0.1) is 10.7 Å². The molecular weight excluding hydrogens is 261 g/mol. The molecule has 2 rings (SSSR count). The smallest absolute Gasteiger partial charge is 0.290 e. The molecule has 2 heterocycles. The second-order valence-corrected chi connectivity index (χ2v) is 6.84. The summed E-state index contributed by atoms with van der Waals surface area (Å²) in [5.41, 5.74) is 0.0164. The van der Waals surface area contributed by atoms with E-state index in [0.29, 0.717) is 13.0 Å². The van der Waals surface area contributed by atoms with Crippen LogP contribution >= 0.6 is 11.3 Å². The normalized spacial score (nSPS) is 22.1. The van der Waals surface area contributed by atoms with Gasteiger partial charge in [-0.05, 0) is 13.5 Å². The fourth-order valence-electron chi connectivity index (χ4n) is 2.10. The molecule has 1 aliphatic rings. The highest BCUT2D eigenvalue weighted by atomic mass is 32.1. The lowest BCUT2D eigenvalue weighted by Gasteiger charge is -2.32. The van der Waals surface area contributed by atoms with Crippen molar-refractivity contribution in [3.05, 3.63) is 15.6 Å². The number of aromatic nitrogens is 1. The summed E-state index contributed by atoms with van der Waals surface area (Å²) in [5, 5.41) is 0.789. The van der Waals surface area contributed by atoms with Crippen molar-refractivity contribution < 1.29 is 13.2 Å². The highest BCUT2D eigenvalue weighted by molar-refractivity contribution is 7.11. The number of likely N-dealkylation sites (N-methyl/N-ethyl adjacent to an activating group) is 1. The molecule has 0 aliphatic carbocycles. The highest BCUT2D eigenvalue weighted by Gasteiger charge is 2.48. The molecule has 102 valence electrons. The summed E-state index contributed by atoms with van der Waals surface area (Å²) in [5.74, 6) is 0. The third kappa shape index (κ3) is 2.40. The molecule has 0 N–H and O–H groups in total. The fourth-order valence-corrected chi connectivity index (χ4v) is 3.24. The van der Waals surface area contributed by atoms with Crippen molar-refractivity contribution in [3.63, 3.8) is 0 Å². The van der Waals surface area contributed by atoms with E-state index in [0.717, 1.165) is 9.88 Å². The first kappa shape index (κ1) is 13.8. The minimum absolute atomic E-state index is 0.198. The predicted molar refractivity (Wildman–Crippen MR) is 65.9 cm³/mol. The Morgan fingerprint density at radius 3 is 2.39 bits per heavy atom. The molecule has 6 heteroatoms. The monoisotopic (exact) mass is 278 g/mol. The second-order valence-electron chi connectivity index (χ2n) is 5.75. The van der Waals surface area contributed by atoms with Gasteiger partial charge in [-0.2, -0.15) is 13.2 Å². The standard InChI is InChI=1S/C12H17F3N2S/c1-11(2,3)10-16-8-7(18-10)5-6-17(4)9(8)12(13,14)15/h9H,5-6H2,1-4H3. The molecule has 1 unspecified atom stereocenters. The van der Waals surface area contributed by atoms with E-state index >= 15 is 0 Å². The number of thiazole rings is 1. The summed E-state index contributed by atoms with van der Waals surface area (Å²) in [7, 11) is 1.51. The lowest BCUT2D eigenvalue weighted by molar-refractivity contribution is -0.185. The lowest BCUT2D eigenvalue weighted by atomic mass is 9.98. The molecule has 0 saturated carbocycles. The zero-order chi connectivity index (χ0) is 13.7. The predicted octanol–water partition coefficient (Wildman–Crippen LogP) is 3.53. The van der Waals surface area contributed by atoms with Crippen molar-refractivity contribution >= 4 is 11.3 Å². The van der Waals surface area contributed by atoms with Gasteiger partial charge in [0.15, 0.2) is 0 Å². The number of alkyl halides is 3. The summed E-state index contributed by atoms with van der Waals surface area (Å²) in [6, 6.07) is -1.55. The third-order valence-electron chi connectivity index (χ3n) is 3.07. The molecule has 1 aromatic heterocycles. The highest BCUT2D eigenvalue weighted by Crippen LogP contribution is 2.43. The van der Waals surface area contributed by atoms with E-state index in [9.17, 15) is 13.2 Å². The summed E-state index contributed by atoms with van der Waals surface area (Å²) < 4.78 is 39.3. The zero-order valence-electron chi connectivity index (χ0n) is 10.9. The Kier molecular flexibility index (Phi) is 3.22. The second kappa shape index (κ2) is 4.20. The Balaban J connectivity index is 2.48. The molecule has 1 atom stereocenters. The largest absolute Gasteiger partial charge is 0.409 e. The number of rotatable bonds is 0. The first-order valence-electron chi connectivity index (χ1n) is 5.87. The summed E-state index contributed by atoms with van der Waals surface area (Å²) in [4.78, 5) is 6.41. The van der Waals surface area contributed by atoms with E-state index in [1.54, 1.807) is 0 Å². The van der Waals surface area contributed by atoms with Crippen LogP contribution in [-0.2, 0) is 11.8 Å². The first-order chi connectivity index (χ1) is 8.10. The minimum Gasteiger partial charge on any atom is -0.290 e. The van der Waals surface area contributed by atoms with Crippen molar-refractivity contribution in [3.8, 4) is 0 Å². The van der Waals surface area contributed by atoms with Gasteiger partial charge in [0, 0.05) is 16.8 Å². The Morgan fingerprint density at radius 2 is 1.89 bits per heavy atom.